The number of carbonyl (C=O) groups is 3. The van der Waals surface area contributed by atoms with Crippen molar-refractivity contribution >= 4 is 29.4 Å². The Morgan fingerprint density at radius 3 is 2.17 bits per heavy atom. The molecule has 2 amide bonds. The second kappa shape index (κ2) is 8.53. The van der Waals surface area contributed by atoms with E-state index in [1.54, 1.807) is 24.3 Å². The van der Waals surface area contributed by atoms with Crippen LogP contribution in [0.1, 0.15) is 37.6 Å². The highest BCUT2D eigenvalue weighted by Gasteiger charge is 2.28. The smallest absolute Gasteiger partial charge is 0.325 e. The first kappa shape index (κ1) is 19.0. The summed E-state index contributed by atoms with van der Waals surface area (Å²) < 4.78 is 0. The minimum Gasteiger partial charge on any atom is -0.480 e. The second-order valence-electron chi connectivity index (χ2n) is 5.41. The lowest BCUT2D eigenvalue weighted by Crippen LogP contribution is -2.53. The molecule has 0 spiro atoms. The number of amides is 2. The van der Waals surface area contributed by atoms with E-state index in [0.29, 0.717) is 17.0 Å². The molecule has 1 aromatic carbocycles. The van der Waals surface area contributed by atoms with Crippen LogP contribution in [-0.2, 0) is 9.59 Å². The summed E-state index contributed by atoms with van der Waals surface area (Å²) in [6.07, 6.45) is 0.653. The molecule has 0 aliphatic heterocycles. The number of nitrogens with one attached hydrogen (secondary N) is 2. The summed E-state index contributed by atoms with van der Waals surface area (Å²) in [5, 5.41) is 14.4. The zero-order valence-electron chi connectivity index (χ0n) is 13.3. The van der Waals surface area contributed by atoms with Crippen LogP contribution in [0.4, 0.5) is 0 Å². The SMILES string of the molecule is CCC(C)C(NC(=O)c1ccc(Cl)cc1)C(=O)NC(C)C(=O)O. The van der Waals surface area contributed by atoms with Crippen LogP contribution in [0.15, 0.2) is 24.3 Å². The molecule has 0 fully saturated rings. The minimum absolute atomic E-state index is 0.146. The Morgan fingerprint density at radius 1 is 1.13 bits per heavy atom. The van der Waals surface area contributed by atoms with Crippen LogP contribution < -0.4 is 10.6 Å². The molecule has 3 atom stereocenters. The molecule has 126 valence electrons. The summed E-state index contributed by atoms with van der Waals surface area (Å²) in [6, 6.07) is 4.45. The van der Waals surface area contributed by atoms with Crippen molar-refractivity contribution in [3.05, 3.63) is 34.9 Å². The standard InChI is InChI=1S/C16H21ClN2O4/c1-4-9(2)13(15(21)18-10(3)16(22)23)19-14(20)11-5-7-12(17)8-6-11/h5-10,13H,4H2,1-3H3,(H,18,21)(H,19,20)(H,22,23). The monoisotopic (exact) mass is 340 g/mol. The largest absolute Gasteiger partial charge is 0.480 e. The summed E-state index contributed by atoms with van der Waals surface area (Å²) >= 11 is 5.78. The van der Waals surface area contributed by atoms with Gasteiger partial charge in [-0.2, -0.15) is 0 Å². The third kappa shape index (κ3) is 5.56. The van der Waals surface area contributed by atoms with Crippen molar-refractivity contribution < 1.29 is 19.5 Å². The number of halogens is 1. The molecule has 0 aliphatic rings. The molecule has 23 heavy (non-hydrogen) atoms. The van der Waals surface area contributed by atoms with Gasteiger partial charge in [0.2, 0.25) is 5.91 Å². The molecule has 0 aliphatic carbocycles. The topological polar surface area (TPSA) is 95.5 Å². The maximum Gasteiger partial charge on any atom is 0.325 e. The average Bonchev–Trinajstić information content (AvgIpc) is 2.51. The molecule has 0 aromatic heterocycles. The van der Waals surface area contributed by atoms with E-state index in [0.717, 1.165) is 0 Å². The maximum absolute atomic E-state index is 12.3. The van der Waals surface area contributed by atoms with Gasteiger partial charge in [-0.15, -0.1) is 0 Å². The number of rotatable bonds is 7. The highest BCUT2D eigenvalue weighted by molar-refractivity contribution is 6.30. The van der Waals surface area contributed by atoms with Gasteiger partial charge in [0.25, 0.3) is 5.91 Å². The Bertz CT molecular complexity index is 574. The highest BCUT2D eigenvalue weighted by Crippen LogP contribution is 2.12. The summed E-state index contributed by atoms with van der Waals surface area (Å²) in [5.41, 5.74) is 0.377. The zero-order valence-corrected chi connectivity index (χ0v) is 14.1. The third-order valence-electron chi connectivity index (χ3n) is 3.62. The van der Waals surface area contributed by atoms with Gasteiger partial charge >= 0.3 is 5.97 Å². The number of carboxylic acids is 1. The predicted octanol–water partition coefficient (Wildman–Crippen LogP) is 2.07. The molecule has 0 bridgehead atoms. The lowest BCUT2D eigenvalue weighted by Gasteiger charge is -2.24. The lowest BCUT2D eigenvalue weighted by molar-refractivity contribution is -0.141. The first-order valence-corrected chi connectivity index (χ1v) is 7.73. The van der Waals surface area contributed by atoms with Crippen LogP contribution >= 0.6 is 11.6 Å². The van der Waals surface area contributed by atoms with E-state index in [9.17, 15) is 14.4 Å². The molecule has 3 unspecified atom stereocenters. The normalized spacial score (nSPS) is 14.4. The maximum atomic E-state index is 12.3. The molecule has 1 aromatic rings. The van der Waals surface area contributed by atoms with E-state index >= 15 is 0 Å². The molecule has 3 N–H and O–H groups in total. The third-order valence-corrected chi connectivity index (χ3v) is 3.87. The molecule has 0 heterocycles. The van der Waals surface area contributed by atoms with E-state index < -0.39 is 29.9 Å². The molecule has 0 saturated carbocycles. The molecule has 7 heteroatoms. The van der Waals surface area contributed by atoms with Gasteiger partial charge in [0.15, 0.2) is 0 Å². The van der Waals surface area contributed by atoms with E-state index in [4.69, 9.17) is 16.7 Å². The summed E-state index contributed by atoms with van der Waals surface area (Å²) in [6.45, 7) is 5.08. The van der Waals surface area contributed by atoms with Crippen LogP contribution in [0.25, 0.3) is 0 Å². The van der Waals surface area contributed by atoms with Gasteiger partial charge in [-0.1, -0.05) is 31.9 Å². The van der Waals surface area contributed by atoms with Crippen molar-refractivity contribution in [3.63, 3.8) is 0 Å². The van der Waals surface area contributed by atoms with Crippen LogP contribution in [0.3, 0.4) is 0 Å². The van der Waals surface area contributed by atoms with Gasteiger partial charge in [0.05, 0.1) is 0 Å². The minimum atomic E-state index is -1.13. The fourth-order valence-electron chi connectivity index (χ4n) is 1.89. The lowest BCUT2D eigenvalue weighted by atomic mass is 9.97. The summed E-state index contributed by atoms with van der Waals surface area (Å²) in [5.74, 6) is -2.21. The highest BCUT2D eigenvalue weighted by atomic mass is 35.5. The average molecular weight is 341 g/mol. The number of benzene rings is 1. The molecule has 0 radical (unpaired) electrons. The first-order chi connectivity index (χ1) is 10.8. The van der Waals surface area contributed by atoms with Crippen molar-refractivity contribution in [1.29, 1.82) is 0 Å². The van der Waals surface area contributed by atoms with Crippen LogP contribution in [0, 0.1) is 5.92 Å². The summed E-state index contributed by atoms with van der Waals surface area (Å²) in [7, 11) is 0. The van der Waals surface area contributed by atoms with Crippen LogP contribution in [0.2, 0.25) is 5.02 Å². The Morgan fingerprint density at radius 2 is 1.70 bits per heavy atom. The predicted molar refractivity (Wildman–Crippen MR) is 87.4 cm³/mol. The van der Waals surface area contributed by atoms with Crippen LogP contribution in [-0.4, -0.2) is 35.0 Å². The first-order valence-electron chi connectivity index (χ1n) is 7.35. The van der Waals surface area contributed by atoms with Crippen molar-refractivity contribution in [2.75, 3.05) is 0 Å². The Kier molecular flexibility index (Phi) is 7.03. The molecule has 6 nitrogen and oxygen atoms in total. The van der Waals surface area contributed by atoms with Gasteiger partial charge < -0.3 is 15.7 Å². The van der Waals surface area contributed by atoms with E-state index in [1.807, 2.05) is 13.8 Å². The van der Waals surface area contributed by atoms with Gasteiger partial charge in [-0.25, -0.2) is 0 Å². The number of hydrogen-bond acceptors (Lipinski definition) is 3. The number of carbonyl (C=O) groups excluding carboxylic acids is 2. The molecular weight excluding hydrogens is 320 g/mol. The fraction of sp³-hybridized carbons (Fsp3) is 0.438. The van der Waals surface area contributed by atoms with Crippen LogP contribution in [0.5, 0.6) is 0 Å². The second-order valence-corrected chi connectivity index (χ2v) is 5.85. The fourth-order valence-corrected chi connectivity index (χ4v) is 2.02. The zero-order chi connectivity index (χ0) is 17.6. The Labute approximate surface area is 140 Å². The van der Waals surface area contributed by atoms with Gasteiger partial charge in [0, 0.05) is 10.6 Å². The number of hydrogen-bond donors (Lipinski definition) is 3. The quantitative estimate of drug-likeness (QED) is 0.708. The number of carboxylic acid groups (broad SMARTS) is 1. The van der Waals surface area contributed by atoms with E-state index in [1.165, 1.54) is 6.92 Å². The van der Waals surface area contributed by atoms with Crippen molar-refractivity contribution in [2.24, 2.45) is 5.92 Å². The van der Waals surface area contributed by atoms with Crippen molar-refractivity contribution in [3.8, 4) is 0 Å². The number of aliphatic carboxylic acids is 1. The van der Waals surface area contributed by atoms with E-state index in [-0.39, 0.29) is 5.92 Å². The summed E-state index contributed by atoms with van der Waals surface area (Å²) in [4.78, 5) is 35.4. The Hall–Kier alpha value is -2.08. The van der Waals surface area contributed by atoms with Gasteiger partial charge in [-0.3, -0.25) is 14.4 Å². The Balaban J connectivity index is 2.85. The van der Waals surface area contributed by atoms with Crippen molar-refractivity contribution in [1.82, 2.24) is 10.6 Å². The van der Waals surface area contributed by atoms with Gasteiger partial charge in [0.1, 0.15) is 12.1 Å². The van der Waals surface area contributed by atoms with E-state index in [2.05, 4.69) is 10.6 Å². The molecule has 1 rings (SSSR count). The van der Waals surface area contributed by atoms with Crippen molar-refractivity contribution in [2.45, 2.75) is 39.3 Å². The van der Waals surface area contributed by atoms with Gasteiger partial charge in [-0.05, 0) is 37.1 Å². The molecule has 0 saturated heterocycles. The molecular formula is C16H21ClN2O4.